The average Bonchev–Trinajstić information content (AvgIpc) is 2.26. The van der Waals surface area contributed by atoms with E-state index in [1.807, 2.05) is 25.4 Å². The Balaban J connectivity index is 2.46. The lowest BCUT2D eigenvalue weighted by atomic mass is 10.1. The van der Waals surface area contributed by atoms with Gasteiger partial charge in [0.2, 0.25) is 0 Å². The average molecular weight is 192 g/mol. The molecule has 14 heavy (non-hydrogen) atoms. The van der Waals surface area contributed by atoms with Gasteiger partial charge in [0.15, 0.2) is 0 Å². The van der Waals surface area contributed by atoms with E-state index in [4.69, 9.17) is 0 Å². The molecule has 0 aliphatic rings. The number of aromatic nitrogens is 1. The van der Waals surface area contributed by atoms with Crippen molar-refractivity contribution in [3.8, 4) is 0 Å². The van der Waals surface area contributed by atoms with E-state index in [9.17, 15) is 0 Å². The molecule has 1 aromatic heterocycles. The van der Waals surface area contributed by atoms with Crippen LogP contribution in [0.1, 0.15) is 44.3 Å². The Morgan fingerprint density at radius 1 is 1.36 bits per heavy atom. The van der Waals surface area contributed by atoms with Gasteiger partial charge in [-0.1, -0.05) is 32.3 Å². The molecule has 2 heteroatoms. The zero-order valence-electron chi connectivity index (χ0n) is 9.16. The van der Waals surface area contributed by atoms with Gasteiger partial charge >= 0.3 is 0 Å². The zero-order valence-corrected chi connectivity index (χ0v) is 9.16. The Labute approximate surface area is 86.8 Å². The zero-order chi connectivity index (χ0) is 10.2. The molecule has 0 amide bonds. The summed E-state index contributed by atoms with van der Waals surface area (Å²) >= 11 is 0. The molecule has 78 valence electrons. The molecule has 0 aliphatic heterocycles. The van der Waals surface area contributed by atoms with Gasteiger partial charge < -0.3 is 5.32 Å². The van der Waals surface area contributed by atoms with E-state index >= 15 is 0 Å². The molecule has 1 N–H and O–H groups in total. The maximum absolute atomic E-state index is 4.37. The number of hydrogen-bond donors (Lipinski definition) is 1. The van der Waals surface area contributed by atoms with Crippen LogP contribution < -0.4 is 5.32 Å². The minimum absolute atomic E-state index is 0.419. The third kappa shape index (κ3) is 3.46. The third-order valence-corrected chi connectivity index (χ3v) is 2.49. The Bertz CT molecular complexity index is 233. The van der Waals surface area contributed by atoms with Crippen LogP contribution in [0.25, 0.3) is 0 Å². The maximum Gasteiger partial charge on any atom is 0.0573 e. The first-order valence-corrected chi connectivity index (χ1v) is 5.46. The van der Waals surface area contributed by atoms with Crippen molar-refractivity contribution in [3.63, 3.8) is 0 Å². The fraction of sp³-hybridized carbons (Fsp3) is 0.583. The number of unbranched alkanes of at least 4 members (excludes halogenated alkanes) is 2. The first-order chi connectivity index (χ1) is 6.88. The summed E-state index contributed by atoms with van der Waals surface area (Å²) in [6.07, 6.45) is 6.91. The third-order valence-electron chi connectivity index (χ3n) is 2.49. The number of pyridine rings is 1. The quantitative estimate of drug-likeness (QED) is 0.701. The summed E-state index contributed by atoms with van der Waals surface area (Å²) in [4.78, 5) is 4.37. The summed E-state index contributed by atoms with van der Waals surface area (Å²) in [7, 11) is 2.01. The monoisotopic (exact) mass is 192 g/mol. The first-order valence-electron chi connectivity index (χ1n) is 5.46. The number of hydrogen-bond acceptors (Lipinski definition) is 2. The lowest BCUT2D eigenvalue weighted by molar-refractivity contribution is 0.501. The van der Waals surface area contributed by atoms with Crippen LogP contribution in [-0.2, 0) is 0 Å². The van der Waals surface area contributed by atoms with Crippen molar-refractivity contribution in [2.24, 2.45) is 0 Å². The molecule has 1 atom stereocenters. The molecular formula is C12H20N2. The highest BCUT2D eigenvalue weighted by Crippen LogP contribution is 2.16. The summed E-state index contributed by atoms with van der Waals surface area (Å²) in [6.45, 7) is 2.23. The maximum atomic E-state index is 4.37. The molecular weight excluding hydrogens is 172 g/mol. The fourth-order valence-electron chi connectivity index (χ4n) is 1.62. The van der Waals surface area contributed by atoms with Gasteiger partial charge in [-0.25, -0.2) is 0 Å². The summed E-state index contributed by atoms with van der Waals surface area (Å²) in [5, 5.41) is 3.31. The van der Waals surface area contributed by atoms with Crippen LogP contribution in [0.3, 0.4) is 0 Å². The van der Waals surface area contributed by atoms with Gasteiger partial charge in [0.25, 0.3) is 0 Å². The minimum atomic E-state index is 0.419. The second-order valence-corrected chi connectivity index (χ2v) is 3.59. The van der Waals surface area contributed by atoms with E-state index in [1.54, 1.807) is 0 Å². The molecule has 0 radical (unpaired) electrons. The van der Waals surface area contributed by atoms with Crippen molar-refractivity contribution < 1.29 is 0 Å². The van der Waals surface area contributed by atoms with Gasteiger partial charge in [-0.2, -0.15) is 0 Å². The topological polar surface area (TPSA) is 24.9 Å². The van der Waals surface area contributed by atoms with E-state index in [-0.39, 0.29) is 0 Å². The molecule has 0 bridgehead atoms. The van der Waals surface area contributed by atoms with Crippen LogP contribution in [0.5, 0.6) is 0 Å². The standard InChI is InChI=1S/C12H20N2/c1-3-4-5-8-11(13-2)12-9-6-7-10-14-12/h6-7,9-11,13H,3-5,8H2,1-2H3. The Morgan fingerprint density at radius 2 is 2.21 bits per heavy atom. The van der Waals surface area contributed by atoms with Gasteiger partial charge in [-0.3, -0.25) is 4.98 Å². The molecule has 1 heterocycles. The minimum Gasteiger partial charge on any atom is -0.312 e. The Kier molecular flexibility index (Phi) is 5.23. The molecule has 0 fully saturated rings. The van der Waals surface area contributed by atoms with Gasteiger partial charge in [-0.15, -0.1) is 0 Å². The molecule has 0 aromatic carbocycles. The number of nitrogens with zero attached hydrogens (tertiary/aromatic N) is 1. The predicted octanol–water partition coefficient (Wildman–Crippen LogP) is 2.92. The van der Waals surface area contributed by atoms with Crippen LogP contribution in [0.2, 0.25) is 0 Å². The molecule has 0 spiro atoms. The second-order valence-electron chi connectivity index (χ2n) is 3.59. The molecule has 0 aliphatic carbocycles. The van der Waals surface area contributed by atoms with E-state index in [2.05, 4.69) is 23.3 Å². The van der Waals surface area contributed by atoms with Crippen molar-refractivity contribution in [1.82, 2.24) is 10.3 Å². The van der Waals surface area contributed by atoms with Crippen molar-refractivity contribution in [1.29, 1.82) is 0 Å². The van der Waals surface area contributed by atoms with Crippen LogP contribution in [0.4, 0.5) is 0 Å². The van der Waals surface area contributed by atoms with Crippen molar-refractivity contribution in [2.75, 3.05) is 7.05 Å². The van der Waals surface area contributed by atoms with Crippen LogP contribution in [0, 0.1) is 0 Å². The van der Waals surface area contributed by atoms with E-state index < -0.39 is 0 Å². The Morgan fingerprint density at radius 3 is 2.79 bits per heavy atom. The van der Waals surface area contributed by atoms with Crippen molar-refractivity contribution in [2.45, 2.75) is 38.6 Å². The molecule has 1 unspecified atom stereocenters. The normalized spacial score (nSPS) is 12.7. The smallest absolute Gasteiger partial charge is 0.0573 e. The molecule has 1 rings (SSSR count). The highest BCUT2D eigenvalue weighted by atomic mass is 14.9. The number of nitrogens with one attached hydrogen (secondary N) is 1. The van der Waals surface area contributed by atoms with E-state index in [0.717, 1.165) is 5.69 Å². The van der Waals surface area contributed by atoms with Gasteiger partial charge in [0.1, 0.15) is 0 Å². The lowest BCUT2D eigenvalue weighted by Crippen LogP contribution is -2.17. The largest absolute Gasteiger partial charge is 0.312 e. The molecule has 1 aromatic rings. The summed E-state index contributed by atoms with van der Waals surface area (Å²) in [6, 6.07) is 6.52. The molecule has 0 saturated heterocycles. The summed E-state index contributed by atoms with van der Waals surface area (Å²) in [5.41, 5.74) is 1.16. The van der Waals surface area contributed by atoms with Crippen molar-refractivity contribution in [3.05, 3.63) is 30.1 Å². The van der Waals surface area contributed by atoms with Crippen molar-refractivity contribution >= 4 is 0 Å². The van der Waals surface area contributed by atoms with Crippen LogP contribution in [-0.4, -0.2) is 12.0 Å². The van der Waals surface area contributed by atoms with Gasteiger partial charge in [0.05, 0.1) is 5.69 Å². The molecule has 2 nitrogen and oxygen atoms in total. The summed E-state index contributed by atoms with van der Waals surface area (Å²) < 4.78 is 0. The Hall–Kier alpha value is -0.890. The molecule has 0 saturated carbocycles. The van der Waals surface area contributed by atoms with E-state index in [1.165, 1.54) is 25.7 Å². The lowest BCUT2D eigenvalue weighted by Gasteiger charge is -2.14. The van der Waals surface area contributed by atoms with Crippen LogP contribution in [0.15, 0.2) is 24.4 Å². The highest BCUT2D eigenvalue weighted by Gasteiger charge is 2.08. The number of rotatable bonds is 6. The highest BCUT2D eigenvalue weighted by molar-refractivity contribution is 5.08. The van der Waals surface area contributed by atoms with Gasteiger partial charge in [0, 0.05) is 12.2 Å². The van der Waals surface area contributed by atoms with E-state index in [0.29, 0.717) is 6.04 Å². The van der Waals surface area contributed by atoms with Crippen LogP contribution >= 0.6 is 0 Å². The predicted molar refractivity (Wildman–Crippen MR) is 60.2 cm³/mol. The first kappa shape index (κ1) is 11.2. The second kappa shape index (κ2) is 6.55. The summed E-state index contributed by atoms with van der Waals surface area (Å²) in [5.74, 6) is 0. The SMILES string of the molecule is CCCCCC(NC)c1ccccn1. The fourth-order valence-corrected chi connectivity index (χ4v) is 1.62. The van der Waals surface area contributed by atoms with Gasteiger partial charge in [-0.05, 0) is 25.6 Å².